The lowest BCUT2D eigenvalue weighted by Gasteiger charge is -2.08. The van der Waals surface area contributed by atoms with Crippen LogP contribution in [0, 0.1) is 0 Å². The second-order valence-electron chi connectivity index (χ2n) is 1.84. The van der Waals surface area contributed by atoms with E-state index in [2.05, 4.69) is 0 Å². The lowest BCUT2D eigenvalue weighted by Crippen LogP contribution is -2.18. The molecule has 0 heterocycles. The normalized spacial score (nSPS) is 10.1. The van der Waals surface area contributed by atoms with Crippen LogP contribution in [0.15, 0.2) is 12.3 Å². The summed E-state index contributed by atoms with van der Waals surface area (Å²) in [6.07, 6.45) is 4.17. The van der Waals surface area contributed by atoms with E-state index in [1.54, 1.807) is 18.1 Å². The Balaban J connectivity index is 3.72. The average Bonchev–Trinajstić information content (AvgIpc) is 1.87. The van der Waals surface area contributed by atoms with Gasteiger partial charge in [0.05, 0.1) is 0 Å². The van der Waals surface area contributed by atoms with Crippen LogP contribution in [0.3, 0.4) is 0 Å². The van der Waals surface area contributed by atoms with Crippen molar-refractivity contribution in [3.63, 3.8) is 0 Å². The zero-order chi connectivity index (χ0) is 7.28. The number of hydrogen-bond donors (Lipinski definition) is 0. The number of carbonyl (C=O) groups is 1. The molecule has 0 aromatic heterocycles. The van der Waals surface area contributed by atoms with E-state index in [1.807, 2.05) is 19.9 Å². The van der Waals surface area contributed by atoms with E-state index in [9.17, 15) is 4.79 Å². The summed E-state index contributed by atoms with van der Waals surface area (Å²) in [7, 11) is 1.76. The molecule has 2 heteroatoms. The third-order valence-corrected chi connectivity index (χ3v) is 1.07. The molecule has 0 bridgehead atoms. The van der Waals surface area contributed by atoms with Crippen LogP contribution in [0.2, 0.25) is 0 Å². The summed E-state index contributed by atoms with van der Waals surface area (Å²) in [6.45, 7) is 3.74. The summed E-state index contributed by atoms with van der Waals surface area (Å²) in [5.41, 5.74) is 0. The van der Waals surface area contributed by atoms with Crippen molar-refractivity contribution in [1.82, 2.24) is 4.90 Å². The molecule has 0 fully saturated rings. The highest BCUT2D eigenvalue weighted by Crippen LogP contribution is 1.89. The average molecular weight is 127 g/mol. The largest absolute Gasteiger partial charge is 0.322 e. The van der Waals surface area contributed by atoms with Gasteiger partial charge in [0.25, 0.3) is 0 Å². The monoisotopic (exact) mass is 127 g/mol. The molecular formula is C7H13NO. The highest BCUT2D eigenvalue weighted by Gasteiger charge is 1.98. The van der Waals surface area contributed by atoms with Gasteiger partial charge in [0.2, 0.25) is 5.91 Å². The van der Waals surface area contributed by atoms with Crippen LogP contribution in [0.4, 0.5) is 0 Å². The molecule has 0 aromatic carbocycles. The molecule has 0 atom stereocenters. The number of carbonyl (C=O) groups excluding carboxylic acids is 1. The van der Waals surface area contributed by atoms with E-state index < -0.39 is 0 Å². The first-order valence-corrected chi connectivity index (χ1v) is 3.10. The summed E-state index contributed by atoms with van der Waals surface area (Å²) in [4.78, 5) is 12.4. The Hall–Kier alpha value is -0.790. The summed E-state index contributed by atoms with van der Waals surface area (Å²) < 4.78 is 0. The van der Waals surface area contributed by atoms with E-state index in [-0.39, 0.29) is 5.91 Å². The van der Waals surface area contributed by atoms with Crippen LogP contribution < -0.4 is 0 Å². The molecule has 0 saturated carbocycles. The fourth-order valence-electron chi connectivity index (χ4n) is 0.556. The minimum atomic E-state index is 0.146. The molecule has 52 valence electrons. The number of amides is 1. The molecule has 2 nitrogen and oxygen atoms in total. The molecule has 0 aliphatic heterocycles. The fraction of sp³-hybridized carbons (Fsp3) is 0.571. The van der Waals surface area contributed by atoms with Crippen molar-refractivity contribution in [2.24, 2.45) is 0 Å². The standard InChI is InChI=1S/C7H13NO/c1-4-6-8(3)7(9)5-2/h4,6H,5H2,1-3H3/b6-4-. The summed E-state index contributed by atoms with van der Waals surface area (Å²) in [5, 5.41) is 0. The first-order valence-electron chi connectivity index (χ1n) is 3.10. The molecule has 0 aliphatic carbocycles. The van der Waals surface area contributed by atoms with Crippen molar-refractivity contribution in [1.29, 1.82) is 0 Å². The predicted molar refractivity (Wildman–Crippen MR) is 37.9 cm³/mol. The molecule has 0 radical (unpaired) electrons. The van der Waals surface area contributed by atoms with Gasteiger partial charge in [-0.1, -0.05) is 13.0 Å². The first-order chi connectivity index (χ1) is 4.22. The number of hydrogen-bond acceptors (Lipinski definition) is 1. The maximum atomic E-state index is 10.8. The maximum absolute atomic E-state index is 10.8. The van der Waals surface area contributed by atoms with Gasteiger partial charge in [-0.05, 0) is 6.92 Å². The molecule has 0 saturated heterocycles. The fourth-order valence-corrected chi connectivity index (χ4v) is 0.556. The van der Waals surface area contributed by atoms with Gasteiger partial charge in [0, 0.05) is 19.7 Å². The summed E-state index contributed by atoms with van der Waals surface area (Å²) in [6, 6.07) is 0. The Morgan fingerprint density at radius 2 is 2.22 bits per heavy atom. The van der Waals surface area contributed by atoms with Gasteiger partial charge in [0.15, 0.2) is 0 Å². The van der Waals surface area contributed by atoms with E-state index in [0.717, 1.165) is 0 Å². The molecule has 0 rings (SSSR count). The molecule has 9 heavy (non-hydrogen) atoms. The molecule has 0 N–H and O–H groups in total. The number of nitrogens with zero attached hydrogens (tertiary/aromatic N) is 1. The second kappa shape index (κ2) is 4.13. The van der Waals surface area contributed by atoms with Gasteiger partial charge in [-0.3, -0.25) is 4.79 Å². The van der Waals surface area contributed by atoms with Gasteiger partial charge < -0.3 is 4.90 Å². The molecule has 0 aliphatic rings. The van der Waals surface area contributed by atoms with Crippen molar-refractivity contribution in [2.45, 2.75) is 20.3 Å². The quantitative estimate of drug-likeness (QED) is 0.549. The van der Waals surface area contributed by atoms with Gasteiger partial charge in [-0.2, -0.15) is 0 Å². The molecule has 0 unspecified atom stereocenters. The summed E-state index contributed by atoms with van der Waals surface area (Å²) >= 11 is 0. The van der Waals surface area contributed by atoms with Crippen LogP contribution in [-0.2, 0) is 4.79 Å². The van der Waals surface area contributed by atoms with E-state index in [1.165, 1.54) is 0 Å². The smallest absolute Gasteiger partial charge is 0.225 e. The van der Waals surface area contributed by atoms with Gasteiger partial charge in [-0.15, -0.1) is 0 Å². The third kappa shape index (κ3) is 2.90. The van der Waals surface area contributed by atoms with Crippen molar-refractivity contribution in [2.75, 3.05) is 7.05 Å². The lowest BCUT2D eigenvalue weighted by atomic mass is 10.4. The topological polar surface area (TPSA) is 20.3 Å². The van der Waals surface area contributed by atoms with Crippen molar-refractivity contribution < 1.29 is 4.79 Å². The van der Waals surface area contributed by atoms with E-state index in [4.69, 9.17) is 0 Å². The maximum Gasteiger partial charge on any atom is 0.225 e. The Bertz CT molecular complexity index is 118. The van der Waals surface area contributed by atoms with Crippen LogP contribution in [0.25, 0.3) is 0 Å². The molecule has 0 aromatic rings. The first kappa shape index (κ1) is 8.21. The van der Waals surface area contributed by atoms with Crippen molar-refractivity contribution in [3.05, 3.63) is 12.3 Å². The Morgan fingerprint density at radius 3 is 2.56 bits per heavy atom. The highest BCUT2D eigenvalue weighted by molar-refractivity contribution is 5.76. The molecule has 0 spiro atoms. The second-order valence-corrected chi connectivity index (χ2v) is 1.84. The SMILES string of the molecule is C/C=C\N(C)C(=O)CC. The van der Waals surface area contributed by atoms with Crippen LogP contribution in [0.1, 0.15) is 20.3 Å². The minimum Gasteiger partial charge on any atom is -0.322 e. The van der Waals surface area contributed by atoms with Crippen LogP contribution >= 0.6 is 0 Å². The zero-order valence-corrected chi connectivity index (χ0v) is 6.22. The zero-order valence-electron chi connectivity index (χ0n) is 6.22. The summed E-state index contributed by atoms with van der Waals surface area (Å²) in [5.74, 6) is 0.146. The van der Waals surface area contributed by atoms with Crippen molar-refractivity contribution >= 4 is 5.91 Å². The number of allylic oxidation sites excluding steroid dienone is 1. The lowest BCUT2D eigenvalue weighted by molar-refractivity contribution is -0.127. The molecule has 1 amide bonds. The third-order valence-electron chi connectivity index (χ3n) is 1.07. The highest BCUT2D eigenvalue weighted by atomic mass is 16.2. The van der Waals surface area contributed by atoms with Gasteiger partial charge in [0.1, 0.15) is 0 Å². The number of rotatable bonds is 2. The Kier molecular flexibility index (Phi) is 3.76. The van der Waals surface area contributed by atoms with Crippen LogP contribution in [0.5, 0.6) is 0 Å². The Labute approximate surface area is 56.2 Å². The minimum absolute atomic E-state index is 0.146. The van der Waals surface area contributed by atoms with Gasteiger partial charge in [-0.25, -0.2) is 0 Å². The van der Waals surface area contributed by atoms with Gasteiger partial charge >= 0.3 is 0 Å². The van der Waals surface area contributed by atoms with Crippen LogP contribution in [-0.4, -0.2) is 17.9 Å². The molecular weight excluding hydrogens is 114 g/mol. The predicted octanol–water partition coefficient (Wildman–Crippen LogP) is 1.39. The van der Waals surface area contributed by atoms with Crippen molar-refractivity contribution in [3.8, 4) is 0 Å². The Morgan fingerprint density at radius 1 is 1.67 bits per heavy atom. The van der Waals surface area contributed by atoms with E-state index >= 15 is 0 Å². The van der Waals surface area contributed by atoms with E-state index in [0.29, 0.717) is 6.42 Å².